The molecule has 2 aromatic rings. The van der Waals surface area contributed by atoms with Crippen molar-refractivity contribution in [1.82, 2.24) is 10.5 Å². The van der Waals surface area contributed by atoms with Crippen LogP contribution in [0.4, 0.5) is 0 Å². The molecule has 0 aliphatic carbocycles. The molecule has 0 spiro atoms. The Morgan fingerprint density at radius 2 is 2.08 bits per heavy atom. The molecule has 0 bridgehead atoms. The zero-order chi connectivity index (χ0) is 16.8. The van der Waals surface area contributed by atoms with Crippen molar-refractivity contribution in [2.45, 2.75) is 26.0 Å². The number of benzene rings is 1. The Morgan fingerprint density at radius 3 is 2.71 bits per heavy atom. The third-order valence-electron chi connectivity index (χ3n) is 2.95. The molecule has 2 rings (SSSR count). The van der Waals surface area contributed by atoms with Crippen LogP contribution in [0.3, 0.4) is 0 Å². The Kier molecular flexibility index (Phi) is 8.35. The van der Waals surface area contributed by atoms with E-state index in [9.17, 15) is 4.79 Å². The number of amides is 1. The first-order chi connectivity index (χ1) is 11.0. The fraction of sp³-hybridized carbons (Fsp3) is 0.333. The van der Waals surface area contributed by atoms with Gasteiger partial charge in [0.1, 0.15) is 6.61 Å². The summed E-state index contributed by atoms with van der Waals surface area (Å²) < 4.78 is 10.6. The molecule has 1 amide bonds. The summed E-state index contributed by atoms with van der Waals surface area (Å²) >= 11 is 12.0. The van der Waals surface area contributed by atoms with Crippen LogP contribution in [0.2, 0.25) is 10.0 Å². The van der Waals surface area contributed by atoms with Crippen molar-refractivity contribution in [1.29, 1.82) is 0 Å². The molecule has 0 aliphatic rings. The van der Waals surface area contributed by atoms with Gasteiger partial charge in [-0.25, -0.2) is 0 Å². The number of hydrogen-bond donors (Lipinski definition) is 2. The minimum Gasteiger partial charge on any atom is -0.482 e. The summed E-state index contributed by atoms with van der Waals surface area (Å²) in [6.45, 7) is 2.41. The molecule has 1 atom stereocenters. The number of hydrogen-bond acceptors (Lipinski definition) is 5. The van der Waals surface area contributed by atoms with Crippen molar-refractivity contribution in [2.75, 3.05) is 6.54 Å². The van der Waals surface area contributed by atoms with Gasteiger partial charge in [0.25, 0.3) is 5.91 Å². The van der Waals surface area contributed by atoms with Gasteiger partial charge in [0, 0.05) is 18.7 Å². The van der Waals surface area contributed by atoms with Gasteiger partial charge in [0.05, 0.1) is 10.0 Å². The third-order valence-corrected chi connectivity index (χ3v) is 3.55. The van der Waals surface area contributed by atoms with E-state index in [-0.39, 0.29) is 36.7 Å². The van der Waals surface area contributed by atoms with Crippen molar-refractivity contribution in [3.63, 3.8) is 0 Å². The number of carbonyl (C=O) groups is 1. The number of carbonyl (C=O) groups excluding carboxylic acids is 1. The summed E-state index contributed by atoms with van der Waals surface area (Å²) in [6, 6.07) is 6.58. The standard InChI is InChI=1S/C15H17Cl2N3O3.ClH/c1-9(18)5-6-19-15(21)13-7-10(23-20-13)8-22-14-11(16)3-2-4-12(14)17;/h2-4,7,9H,5-6,8,18H2,1H3,(H,19,21);1H. The van der Waals surface area contributed by atoms with Crippen molar-refractivity contribution < 1.29 is 14.1 Å². The molecule has 1 heterocycles. The van der Waals surface area contributed by atoms with E-state index in [4.69, 9.17) is 38.2 Å². The Bertz CT molecular complexity index is 657. The van der Waals surface area contributed by atoms with Crippen LogP contribution >= 0.6 is 35.6 Å². The second-order valence-corrected chi connectivity index (χ2v) is 5.85. The lowest BCUT2D eigenvalue weighted by Gasteiger charge is -2.07. The van der Waals surface area contributed by atoms with Crippen LogP contribution in [0.25, 0.3) is 0 Å². The molecule has 1 aromatic carbocycles. The molecular weight excluding hydrogens is 377 g/mol. The minimum atomic E-state index is -0.323. The van der Waals surface area contributed by atoms with Gasteiger partial charge in [-0.3, -0.25) is 4.79 Å². The highest BCUT2D eigenvalue weighted by Crippen LogP contribution is 2.32. The molecule has 132 valence electrons. The molecule has 0 aliphatic heterocycles. The smallest absolute Gasteiger partial charge is 0.273 e. The molecule has 1 unspecified atom stereocenters. The molecule has 1 aromatic heterocycles. The van der Waals surface area contributed by atoms with Gasteiger partial charge in [-0.05, 0) is 25.5 Å². The van der Waals surface area contributed by atoms with Crippen molar-refractivity contribution in [3.8, 4) is 5.75 Å². The lowest BCUT2D eigenvalue weighted by Crippen LogP contribution is -2.29. The number of para-hydroxylation sites is 1. The normalized spacial score (nSPS) is 11.5. The van der Waals surface area contributed by atoms with E-state index in [1.165, 1.54) is 6.07 Å². The molecule has 3 N–H and O–H groups in total. The van der Waals surface area contributed by atoms with E-state index in [1.807, 2.05) is 6.92 Å². The number of aromatic nitrogens is 1. The molecule has 24 heavy (non-hydrogen) atoms. The minimum absolute atomic E-state index is 0. The lowest BCUT2D eigenvalue weighted by atomic mass is 10.2. The van der Waals surface area contributed by atoms with E-state index >= 15 is 0 Å². The van der Waals surface area contributed by atoms with E-state index < -0.39 is 0 Å². The number of rotatable bonds is 7. The SMILES string of the molecule is CC(N)CCNC(=O)c1cc(COc2c(Cl)cccc2Cl)on1.Cl. The summed E-state index contributed by atoms with van der Waals surface area (Å²) in [6.07, 6.45) is 0.685. The van der Waals surface area contributed by atoms with Crippen LogP contribution in [0.1, 0.15) is 29.6 Å². The highest BCUT2D eigenvalue weighted by Gasteiger charge is 2.14. The molecule has 0 radical (unpaired) electrons. The Morgan fingerprint density at radius 1 is 1.42 bits per heavy atom. The van der Waals surface area contributed by atoms with Gasteiger partial charge in [-0.15, -0.1) is 12.4 Å². The summed E-state index contributed by atoms with van der Waals surface area (Å²) in [4.78, 5) is 11.9. The Hall–Kier alpha value is -1.47. The quantitative estimate of drug-likeness (QED) is 0.750. The first-order valence-corrected chi connectivity index (χ1v) is 7.79. The van der Waals surface area contributed by atoms with Crippen molar-refractivity contribution in [2.24, 2.45) is 5.73 Å². The Balaban J connectivity index is 0.00000288. The summed E-state index contributed by atoms with van der Waals surface area (Å²) in [5, 5.41) is 7.21. The van der Waals surface area contributed by atoms with Gasteiger partial charge >= 0.3 is 0 Å². The predicted octanol–water partition coefficient (Wildman–Crippen LogP) is 3.45. The van der Waals surface area contributed by atoms with Gasteiger partial charge in [0.15, 0.2) is 17.2 Å². The maximum atomic E-state index is 11.9. The number of nitrogens with two attached hydrogens (primary N) is 1. The van der Waals surface area contributed by atoms with E-state index in [0.29, 0.717) is 34.5 Å². The summed E-state index contributed by atoms with van der Waals surface area (Å²) in [5.74, 6) is 0.421. The topological polar surface area (TPSA) is 90.4 Å². The average Bonchev–Trinajstić information content (AvgIpc) is 2.95. The average molecular weight is 395 g/mol. The summed E-state index contributed by atoms with van der Waals surface area (Å²) in [5.41, 5.74) is 5.80. The molecule has 9 heteroatoms. The zero-order valence-corrected chi connectivity index (χ0v) is 15.2. The largest absolute Gasteiger partial charge is 0.482 e. The number of ether oxygens (including phenoxy) is 1. The molecule has 0 saturated heterocycles. The molecule has 0 saturated carbocycles. The Labute approximate surface area is 156 Å². The lowest BCUT2D eigenvalue weighted by molar-refractivity contribution is 0.0943. The van der Waals surface area contributed by atoms with Gasteiger partial charge in [-0.1, -0.05) is 34.4 Å². The monoisotopic (exact) mass is 393 g/mol. The van der Waals surface area contributed by atoms with Crippen molar-refractivity contribution >= 4 is 41.5 Å². The van der Waals surface area contributed by atoms with Gasteiger partial charge in [-0.2, -0.15) is 0 Å². The van der Waals surface area contributed by atoms with Crippen LogP contribution < -0.4 is 15.8 Å². The van der Waals surface area contributed by atoms with Crippen molar-refractivity contribution in [3.05, 3.63) is 45.8 Å². The van der Waals surface area contributed by atoms with Crippen LogP contribution in [0.5, 0.6) is 5.75 Å². The van der Waals surface area contributed by atoms with Gasteiger partial charge < -0.3 is 20.3 Å². The van der Waals surface area contributed by atoms with Crippen LogP contribution in [-0.4, -0.2) is 23.7 Å². The second-order valence-electron chi connectivity index (χ2n) is 5.04. The predicted molar refractivity (Wildman–Crippen MR) is 95.1 cm³/mol. The highest BCUT2D eigenvalue weighted by atomic mass is 35.5. The van der Waals surface area contributed by atoms with Gasteiger partial charge in [0.2, 0.25) is 0 Å². The maximum Gasteiger partial charge on any atom is 0.273 e. The fourth-order valence-corrected chi connectivity index (χ4v) is 2.26. The molecule has 6 nitrogen and oxygen atoms in total. The van der Waals surface area contributed by atoms with Crippen LogP contribution in [0, 0.1) is 0 Å². The molecule has 0 fully saturated rings. The number of nitrogens with zero attached hydrogens (tertiary/aromatic N) is 1. The molecular formula is C15H18Cl3N3O3. The van der Waals surface area contributed by atoms with Crippen LogP contribution in [-0.2, 0) is 6.61 Å². The zero-order valence-electron chi connectivity index (χ0n) is 12.9. The number of halogens is 3. The first-order valence-electron chi connectivity index (χ1n) is 7.03. The van der Waals surface area contributed by atoms with E-state index in [2.05, 4.69) is 10.5 Å². The number of nitrogens with one attached hydrogen (secondary N) is 1. The van der Waals surface area contributed by atoms with E-state index in [0.717, 1.165) is 0 Å². The van der Waals surface area contributed by atoms with Crippen LogP contribution in [0.15, 0.2) is 28.8 Å². The highest BCUT2D eigenvalue weighted by molar-refractivity contribution is 6.37. The summed E-state index contributed by atoms with van der Waals surface area (Å²) in [7, 11) is 0. The maximum absolute atomic E-state index is 11.9. The fourth-order valence-electron chi connectivity index (χ4n) is 1.76. The second kappa shape index (κ2) is 9.74. The first kappa shape index (κ1) is 20.6. The van der Waals surface area contributed by atoms with E-state index in [1.54, 1.807) is 18.2 Å². The third kappa shape index (κ3) is 5.87.